The van der Waals surface area contributed by atoms with Gasteiger partial charge in [0.2, 0.25) is 10.0 Å². The van der Waals surface area contributed by atoms with Crippen molar-refractivity contribution in [1.82, 2.24) is 9.62 Å². The third kappa shape index (κ3) is 4.23. The molecule has 24 heavy (non-hydrogen) atoms. The molecule has 1 aliphatic rings. The van der Waals surface area contributed by atoms with E-state index in [-0.39, 0.29) is 22.0 Å². The van der Waals surface area contributed by atoms with Crippen molar-refractivity contribution in [3.63, 3.8) is 0 Å². The molecule has 0 bridgehead atoms. The Hall–Kier alpha value is -0.370. The minimum absolute atomic E-state index is 0.0620. The van der Waals surface area contributed by atoms with E-state index in [0.29, 0.717) is 29.4 Å². The van der Waals surface area contributed by atoms with Gasteiger partial charge in [0.25, 0.3) is 0 Å². The molecule has 5 nitrogen and oxygen atoms in total. The topological polar surface area (TPSA) is 58.6 Å². The van der Waals surface area contributed by atoms with Crippen LogP contribution in [0.4, 0.5) is 0 Å². The summed E-state index contributed by atoms with van der Waals surface area (Å²) >= 11 is 12.4. The molecule has 136 valence electrons. The summed E-state index contributed by atoms with van der Waals surface area (Å²) in [6.07, 6.45) is 0. The average molecular weight is 395 g/mol. The second-order valence-corrected chi connectivity index (χ2v) is 9.17. The predicted molar refractivity (Wildman–Crippen MR) is 97.6 cm³/mol. The highest BCUT2D eigenvalue weighted by Gasteiger charge is 2.31. The number of halogens is 2. The third-order valence-electron chi connectivity index (χ3n) is 4.42. The smallest absolute Gasteiger partial charge is 0.242 e. The molecule has 2 rings (SSSR count). The molecule has 0 saturated carbocycles. The zero-order valence-corrected chi connectivity index (χ0v) is 16.8. The van der Waals surface area contributed by atoms with Crippen molar-refractivity contribution in [1.29, 1.82) is 0 Å². The van der Waals surface area contributed by atoms with Crippen molar-refractivity contribution in [3.05, 3.63) is 27.2 Å². The molecule has 0 aliphatic carbocycles. The highest BCUT2D eigenvalue weighted by atomic mass is 35.5. The Morgan fingerprint density at radius 2 is 1.83 bits per heavy atom. The maximum Gasteiger partial charge on any atom is 0.242 e. The number of benzene rings is 1. The van der Waals surface area contributed by atoms with Crippen molar-refractivity contribution in [3.8, 4) is 0 Å². The molecule has 1 aromatic rings. The molecule has 0 amide bonds. The summed E-state index contributed by atoms with van der Waals surface area (Å²) < 4.78 is 33.7. The molecule has 1 heterocycles. The van der Waals surface area contributed by atoms with Crippen LogP contribution in [0.2, 0.25) is 10.0 Å². The van der Waals surface area contributed by atoms with Crippen molar-refractivity contribution in [2.24, 2.45) is 0 Å². The van der Waals surface area contributed by atoms with E-state index in [0.717, 1.165) is 13.1 Å². The number of nitrogens with one attached hydrogen (secondary N) is 1. The Labute approximate surface area is 154 Å². The summed E-state index contributed by atoms with van der Waals surface area (Å²) in [5.74, 6) is 0. The van der Waals surface area contributed by atoms with Crippen LogP contribution < -0.4 is 4.72 Å². The van der Waals surface area contributed by atoms with Gasteiger partial charge < -0.3 is 4.74 Å². The number of morpholine rings is 1. The fourth-order valence-electron chi connectivity index (χ4n) is 2.76. The summed E-state index contributed by atoms with van der Waals surface area (Å²) in [7, 11) is -3.76. The first kappa shape index (κ1) is 19.9. The van der Waals surface area contributed by atoms with Crippen LogP contribution in [-0.4, -0.2) is 51.7 Å². The Balaban J connectivity index is 2.23. The number of hydrogen-bond donors (Lipinski definition) is 1. The molecule has 8 heteroatoms. The normalized spacial score (nSPS) is 17.2. The Bertz CT molecular complexity index is 688. The van der Waals surface area contributed by atoms with Gasteiger partial charge in [0.1, 0.15) is 4.90 Å². The number of aryl methyl sites for hydroxylation is 1. The van der Waals surface area contributed by atoms with Gasteiger partial charge in [0.05, 0.1) is 18.2 Å². The predicted octanol–water partition coefficient (Wildman–Crippen LogP) is 3.00. The largest absolute Gasteiger partial charge is 0.379 e. The molecule has 1 fully saturated rings. The van der Waals surface area contributed by atoms with Crippen LogP contribution >= 0.6 is 23.2 Å². The van der Waals surface area contributed by atoms with Gasteiger partial charge in [-0.15, -0.1) is 0 Å². The molecule has 1 saturated heterocycles. The molecule has 0 radical (unpaired) electrons. The fraction of sp³-hybridized carbons (Fsp3) is 0.625. The van der Waals surface area contributed by atoms with E-state index in [1.54, 1.807) is 19.9 Å². The van der Waals surface area contributed by atoms with Gasteiger partial charge in [-0.05, 0) is 44.9 Å². The van der Waals surface area contributed by atoms with E-state index in [1.807, 2.05) is 13.8 Å². The number of hydrogen-bond acceptors (Lipinski definition) is 4. The lowest BCUT2D eigenvalue weighted by Gasteiger charge is -2.40. The summed E-state index contributed by atoms with van der Waals surface area (Å²) in [6, 6.07) is 1.68. The fourth-order valence-corrected chi connectivity index (χ4v) is 5.17. The minimum Gasteiger partial charge on any atom is -0.379 e. The number of nitrogens with zero attached hydrogens (tertiary/aromatic N) is 1. The average Bonchev–Trinajstić information content (AvgIpc) is 2.52. The Morgan fingerprint density at radius 1 is 1.25 bits per heavy atom. The maximum atomic E-state index is 12.8. The molecule has 1 aliphatic heterocycles. The van der Waals surface area contributed by atoms with Crippen LogP contribution in [0.3, 0.4) is 0 Å². The van der Waals surface area contributed by atoms with Crippen LogP contribution in [0.5, 0.6) is 0 Å². The molecule has 0 atom stereocenters. The second kappa shape index (κ2) is 7.48. The zero-order valence-electron chi connectivity index (χ0n) is 14.4. The molecule has 1 N–H and O–H groups in total. The first-order chi connectivity index (χ1) is 11.1. The molecule has 0 spiro atoms. The van der Waals surface area contributed by atoms with E-state index in [2.05, 4.69) is 9.62 Å². The standard InChI is InChI=1S/C16H24Cl2N2O3S/c1-11-9-13(17)12(2)15(14(11)18)24(21,22)19-10-16(3,4)20-5-7-23-8-6-20/h9,19H,5-8,10H2,1-4H3. The quantitative estimate of drug-likeness (QED) is 0.833. The maximum absolute atomic E-state index is 12.8. The second-order valence-electron chi connectivity index (χ2n) is 6.68. The van der Waals surface area contributed by atoms with Crippen LogP contribution in [0.15, 0.2) is 11.0 Å². The first-order valence-electron chi connectivity index (χ1n) is 7.84. The highest BCUT2D eigenvalue weighted by molar-refractivity contribution is 7.89. The van der Waals surface area contributed by atoms with Gasteiger partial charge in [0, 0.05) is 30.2 Å². The molecular weight excluding hydrogens is 371 g/mol. The monoisotopic (exact) mass is 394 g/mol. The summed E-state index contributed by atoms with van der Waals surface area (Å²) in [5.41, 5.74) is 0.772. The minimum atomic E-state index is -3.76. The van der Waals surface area contributed by atoms with Gasteiger partial charge in [0.15, 0.2) is 0 Å². The summed E-state index contributed by atoms with van der Waals surface area (Å²) in [5, 5.41) is 0.610. The highest BCUT2D eigenvalue weighted by Crippen LogP contribution is 2.33. The van der Waals surface area contributed by atoms with E-state index >= 15 is 0 Å². The zero-order chi connectivity index (χ0) is 18.1. The lowest BCUT2D eigenvalue weighted by atomic mass is 10.0. The van der Waals surface area contributed by atoms with Gasteiger partial charge >= 0.3 is 0 Å². The van der Waals surface area contributed by atoms with Gasteiger partial charge in [-0.1, -0.05) is 23.2 Å². The molecular formula is C16H24Cl2N2O3S. The SMILES string of the molecule is Cc1cc(Cl)c(C)c(S(=O)(=O)NCC(C)(C)N2CCOCC2)c1Cl. The van der Waals surface area contributed by atoms with E-state index in [9.17, 15) is 8.42 Å². The van der Waals surface area contributed by atoms with Crippen molar-refractivity contribution in [2.75, 3.05) is 32.8 Å². The van der Waals surface area contributed by atoms with Crippen LogP contribution in [0, 0.1) is 13.8 Å². The van der Waals surface area contributed by atoms with Gasteiger partial charge in [-0.2, -0.15) is 0 Å². The van der Waals surface area contributed by atoms with E-state index in [1.165, 1.54) is 0 Å². The number of sulfonamides is 1. The van der Waals surface area contributed by atoms with Crippen LogP contribution in [0.1, 0.15) is 25.0 Å². The van der Waals surface area contributed by atoms with Crippen LogP contribution in [-0.2, 0) is 14.8 Å². The summed E-state index contributed by atoms with van der Waals surface area (Å²) in [4.78, 5) is 2.28. The first-order valence-corrected chi connectivity index (χ1v) is 10.1. The van der Waals surface area contributed by atoms with Crippen molar-refractivity contribution < 1.29 is 13.2 Å². The Morgan fingerprint density at radius 3 is 2.42 bits per heavy atom. The van der Waals surface area contributed by atoms with Crippen LogP contribution in [0.25, 0.3) is 0 Å². The van der Waals surface area contributed by atoms with E-state index < -0.39 is 10.0 Å². The summed E-state index contributed by atoms with van der Waals surface area (Å²) in [6.45, 7) is 10.6. The number of rotatable bonds is 5. The Kier molecular flexibility index (Phi) is 6.21. The van der Waals surface area contributed by atoms with E-state index in [4.69, 9.17) is 27.9 Å². The molecule has 1 aromatic carbocycles. The molecule has 0 unspecified atom stereocenters. The lowest BCUT2D eigenvalue weighted by Crippen LogP contribution is -2.55. The number of ether oxygens (including phenoxy) is 1. The molecule has 0 aromatic heterocycles. The third-order valence-corrected chi connectivity index (χ3v) is 6.98. The van der Waals surface area contributed by atoms with Gasteiger partial charge in [-0.3, -0.25) is 4.90 Å². The van der Waals surface area contributed by atoms with Crippen molar-refractivity contribution >= 4 is 33.2 Å². The lowest BCUT2D eigenvalue weighted by molar-refractivity contribution is -0.00803. The van der Waals surface area contributed by atoms with Crippen molar-refractivity contribution in [2.45, 2.75) is 38.1 Å². The van der Waals surface area contributed by atoms with Gasteiger partial charge in [-0.25, -0.2) is 13.1 Å².